The molecule has 0 spiro atoms. The molecule has 0 saturated carbocycles. The van der Waals surface area contributed by atoms with E-state index in [2.05, 4.69) is 15.9 Å². The van der Waals surface area contributed by atoms with E-state index in [1.165, 1.54) is 6.07 Å². The first-order chi connectivity index (χ1) is 9.49. The Morgan fingerprint density at radius 2 is 1.90 bits per heavy atom. The first kappa shape index (κ1) is 14.5. The Bertz CT molecular complexity index is 627. The molecule has 5 nitrogen and oxygen atoms in total. The molecule has 1 atom stereocenters. The summed E-state index contributed by atoms with van der Waals surface area (Å²) in [7, 11) is 0. The summed E-state index contributed by atoms with van der Waals surface area (Å²) in [5, 5.41) is 11.0. The number of halogens is 1. The summed E-state index contributed by atoms with van der Waals surface area (Å²) in [6, 6.07) is 11.8. The highest BCUT2D eigenvalue weighted by molar-refractivity contribution is 9.10. The number of para-hydroxylation sites is 1. The van der Waals surface area contributed by atoms with E-state index in [9.17, 15) is 10.1 Å². The van der Waals surface area contributed by atoms with E-state index >= 15 is 0 Å². The summed E-state index contributed by atoms with van der Waals surface area (Å²) < 4.78 is 6.14. The van der Waals surface area contributed by atoms with Crippen LogP contribution in [0.3, 0.4) is 0 Å². The highest BCUT2D eigenvalue weighted by Gasteiger charge is 2.18. The third-order valence-electron chi connectivity index (χ3n) is 2.77. The molecule has 2 aromatic rings. The molecule has 0 aliphatic rings. The molecule has 20 heavy (non-hydrogen) atoms. The van der Waals surface area contributed by atoms with Crippen LogP contribution in [-0.2, 0) is 0 Å². The van der Waals surface area contributed by atoms with Crippen molar-refractivity contribution in [1.29, 1.82) is 0 Å². The second-order valence-electron chi connectivity index (χ2n) is 4.30. The summed E-state index contributed by atoms with van der Waals surface area (Å²) in [6.45, 7) is 1.88. The molecule has 6 heteroatoms. The van der Waals surface area contributed by atoms with Crippen LogP contribution in [0.5, 0.6) is 11.5 Å². The molecular weight excluding hydrogens is 324 g/mol. The lowest BCUT2D eigenvalue weighted by atomic mass is 10.1. The second kappa shape index (κ2) is 6.02. The summed E-state index contributed by atoms with van der Waals surface area (Å²) in [6.07, 6.45) is 0. The zero-order valence-electron chi connectivity index (χ0n) is 10.7. The molecule has 2 aromatic carbocycles. The molecule has 0 radical (unpaired) electrons. The van der Waals surface area contributed by atoms with Gasteiger partial charge in [0.15, 0.2) is 0 Å². The van der Waals surface area contributed by atoms with E-state index < -0.39 is 4.92 Å². The van der Waals surface area contributed by atoms with E-state index in [-0.39, 0.29) is 17.5 Å². The number of nitrogens with two attached hydrogens (primary N) is 1. The molecule has 1 unspecified atom stereocenters. The maximum absolute atomic E-state index is 11.0. The quantitative estimate of drug-likeness (QED) is 0.671. The van der Waals surface area contributed by atoms with Crippen molar-refractivity contribution in [2.24, 2.45) is 5.73 Å². The third-order valence-corrected chi connectivity index (χ3v) is 3.39. The fraction of sp³-hybridized carbons (Fsp3) is 0.143. The Labute approximate surface area is 124 Å². The Morgan fingerprint density at radius 1 is 1.25 bits per heavy atom. The zero-order chi connectivity index (χ0) is 14.7. The Hall–Kier alpha value is -1.92. The van der Waals surface area contributed by atoms with Gasteiger partial charge in [-0.2, -0.15) is 0 Å². The van der Waals surface area contributed by atoms with Crippen LogP contribution in [0, 0.1) is 10.1 Å². The van der Waals surface area contributed by atoms with Crippen LogP contribution in [0.15, 0.2) is 46.9 Å². The van der Waals surface area contributed by atoms with Gasteiger partial charge in [0.05, 0.1) is 9.40 Å². The van der Waals surface area contributed by atoms with Gasteiger partial charge in [-0.15, -0.1) is 0 Å². The molecular formula is C14H13BrN2O3. The van der Waals surface area contributed by atoms with Crippen molar-refractivity contribution in [1.82, 2.24) is 0 Å². The largest absolute Gasteiger partial charge is 0.449 e. The molecule has 0 fully saturated rings. The normalized spacial score (nSPS) is 11.9. The summed E-state index contributed by atoms with van der Waals surface area (Å²) in [5.41, 5.74) is 6.65. The molecule has 0 saturated heterocycles. The van der Waals surface area contributed by atoms with Gasteiger partial charge in [0.2, 0.25) is 5.75 Å². The lowest BCUT2D eigenvalue weighted by Gasteiger charge is -2.10. The average Bonchev–Trinajstić information content (AvgIpc) is 2.41. The maximum Gasteiger partial charge on any atom is 0.312 e. The summed E-state index contributed by atoms with van der Waals surface area (Å²) >= 11 is 3.26. The number of nitro benzene ring substituents is 1. The van der Waals surface area contributed by atoms with Crippen LogP contribution in [-0.4, -0.2) is 4.92 Å². The van der Waals surface area contributed by atoms with E-state index in [1.54, 1.807) is 24.3 Å². The van der Waals surface area contributed by atoms with E-state index in [0.717, 1.165) is 5.56 Å². The zero-order valence-corrected chi connectivity index (χ0v) is 12.3. The van der Waals surface area contributed by atoms with Gasteiger partial charge in [-0.25, -0.2) is 0 Å². The van der Waals surface area contributed by atoms with E-state index in [4.69, 9.17) is 10.5 Å². The summed E-state index contributed by atoms with van der Waals surface area (Å²) in [4.78, 5) is 10.5. The molecule has 0 aliphatic carbocycles. The predicted molar refractivity (Wildman–Crippen MR) is 79.9 cm³/mol. The Morgan fingerprint density at radius 3 is 2.45 bits per heavy atom. The van der Waals surface area contributed by atoms with Crippen LogP contribution < -0.4 is 10.5 Å². The van der Waals surface area contributed by atoms with Gasteiger partial charge in [-0.05, 0) is 46.6 Å². The minimum atomic E-state index is -0.476. The van der Waals surface area contributed by atoms with Crippen molar-refractivity contribution >= 4 is 21.6 Å². The molecule has 0 bridgehead atoms. The van der Waals surface area contributed by atoms with Crippen molar-refractivity contribution in [3.63, 3.8) is 0 Å². The molecule has 0 aliphatic heterocycles. The van der Waals surface area contributed by atoms with Gasteiger partial charge in [0, 0.05) is 12.1 Å². The van der Waals surface area contributed by atoms with Crippen LogP contribution in [0.25, 0.3) is 0 Å². The lowest BCUT2D eigenvalue weighted by molar-refractivity contribution is -0.385. The first-order valence-electron chi connectivity index (χ1n) is 5.95. The monoisotopic (exact) mass is 336 g/mol. The predicted octanol–water partition coefficient (Wildman–Crippen LogP) is 4.17. The number of hydrogen-bond acceptors (Lipinski definition) is 4. The molecule has 104 valence electrons. The fourth-order valence-electron chi connectivity index (χ4n) is 1.70. The first-order valence-corrected chi connectivity index (χ1v) is 6.74. The Kier molecular flexibility index (Phi) is 4.36. The van der Waals surface area contributed by atoms with Crippen molar-refractivity contribution in [3.8, 4) is 11.5 Å². The lowest BCUT2D eigenvalue weighted by Crippen LogP contribution is -2.04. The molecule has 2 rings (SSSR count). The average molecular weight is 337 g/mol. The second-order valence-corrected chi connectivity index (χ2v) is 5.16. The van der Waals surface area contributed by atoms with Crippen LogP contribution in [0.4, 0.5) is 5.69 Å². The maximum atomic E-state index is 11.0. The molecule has 0 aromatic heterocycles. The molecule has 0 amide bonds. The van der Waals surface area contributed by atoms with Gasteiger partial charge >= 0.3 is 5.69 Å². The number of rotatable bonds is 4. The highest BCUT2D eigenvalue weighted by Crippen LogP contribution is 2.38. The van der Waals surface area contributed by atoms with Gasteiger partial charge in [-0.1, -0.05) is 18.2 Å². The summed E-state index contributed by atoms with van der Waals surface area (Å²) in [5.74, 6) is 0.704. The number of benzene rings is 2. The number of hydrogen-bond donors (Lipinski definition) is 1. The van der Waals surface area contributed by atoms with Crippen LogP contribution >= 0.6 is 15.9 Å². The van der Waals surface area contributed by atoms with E-state index in [0.29, 0.717) is 10.2 Å². The van der Waals surface area contributed by atoms with Crippen molar-refractivity contribution in [2.75, 3.05) is 0 Å². The van der Waals surface area contributed by atoms with Gasteiger partial charge in [0.25, 0.3) is 0 Å². The van der Waals surface area contributed by atoms with Crippen LogP contribution in [0.2, 0.25) is 0 Å². The number of ether oxygens (including phenoxy) is 1. The van der Waals surface area contributed by atoms with Gasteiger partial charge in [-0.3, -0.25) is 10.1 Å². The van der Waals surface area contributed by atoms with Gasteiger partial charge in [0.1, 0.15) is 5.75 Å². The highest BCUT2D eigenvalue weighted by atomic mass is 79.9. The van der Waals surface area contributed by atoms with Gasteiger partial charge < -0.3 is 10.5 Å². The van der Waals surface area contributed by atoms with Crippen molar-refractivity contribution < 1.29 is 9.66 Å². The molecule has 0 heterocycles. The number of nitro groups is 1. The minimum absolute atomic E-state index is 0.0677. The Balaban J connectivity index is 2.32. The standard InChI is InChI=1S/C14H13BrN2O3/c1-9(16)10-5-7-11(8-6-10)20-14-12(15)3-2-4-13(14)17(18)19/h2-9H,16H2,1H3. The smallest absolute Gasteiger partial charge is 0.312 e. The number of nitrogens with zero attached hydrogens (tertiary/aromatic N) is 1. The van der Waals surface area contributed by atoms with Crippen molar-refractivity contribution in [2.45, 2.75) is 13.0 Å². The van der Waals surface area contributed by atoms with Crippen molar-refractivity contribution in [3.05, 3.63) is 62.6 Å². The minimum Gasteiger partial charge on any atom is -0.449 e. The van der Waals surface area contributed by atoms with E-state index in [1.807, 2.05) is 19.1 Å². The topological polar surface area (TPSA) is 78.4 Å². The molecule has 2 N–H and O–H groups in total. The SMILES string of the molecule is CC(N)c1ccc(Oc2c(Br)cccc2[N+](=O)[O-])cc1. The third kappa shape index (κ3) is 3.15. The fourth-order valence-corrected chi connectivity index (χ4v) is 2.14. The van der Waals surface area contributed by atoms with Crippen LogP contribution in [0.1, 0.15) is 18.5 Å².